The average Bonchev–Trinajstić information content (AvgIpc) is 3.34. The van der Waals surface area contributed by atoms with Gasteiger partial charge in [0, 0.05) is 43.7 Å². The second-order valence-electron chi connectivity index (χ2n) is 12.3. The third-order valence-corrected chi connectivity index (χ3v) is 9.28. The predicted octanol–water partition coefficient (Wildman–Crippen LogP) is -3.51. The first-order chi connectivity index (χ1) is 21.8. The Hall–Kier alpha value is -2.28. The lowest BCUT2D eigenvalue weighted by atomic mass is 9.89. The number of nitrogens with one attached hydrogen (secondary N) is 1. The Balaban J connectivity index is 1.71. The minimum atomic E-state index is -1.86. The maximum atomic E-state index is 13.3. The molecule has 1 aliphatic rings. The highest BCUT2D eigenvalue weighted by Crippen LogP contribution is 2.26. The summed E-state index contributed by atoms with van der Waals surface area (Å²) in [5.74, 6) is 0.894. The maximum absolute atomic E-state index is 13.3. The molecule has 0 unspecified atom stereocenters. The van der Waals surface area contributed by atoms with E-state index in [-0.39, 0.29) is 31.1 Å². The highest BCUT2D eigenvalue weighted by molar-refractivity contribution is 5.97. The zero-order valence-electron chi connectivity index (χ0n) is 26.8. The molecule has 15 nitrogen and oxygen atoms in total. The van der Waals surface area contributed by atoms with Gasteiger partial charge in [-0.25, -0.2) is 9.13 Å². The molecular weight excluding hydrogens is 604 g/mol. The third-order valence-electron chi connectivity index (χ3n) is 9.28. The smallest absolute Gasteiger partial charge is 0.254 e. The number of nitrogens with zero attached hydrogens (tertiary/aromatic N) is 3. The number of aromatic nitrogens is 2. The van der Waals surface area contributed by atoms with Gasteiger partial charge in [0.25, 0.3) is 11.7 Å². The monoisotopic (exact) mass is 657 g/mol. The number of amides is 1. The first kappa shape index (κ1) is 38.2. The highest BCUT2D eigenvalue weighted by Gasteiger charge is 2.37. The van der Waals surface area contributed by atoms with E-state index < -0.39 is 62.0 Å². The van der Waals surface area contributed by atoms with Crippen LogP contribution in [0.15, 0.2) is 18.2 Å². The van der Waals surface area contributed by atoms with Crippen LogP contribution in [-0.2, 0) is 13.1 Å². The van der Waals surface area contributed by atoms with Crippen molar-refractivity contribution in [3.63, 3.8) is 0 Å². The number of hydrogen-bond donors (Lipinski definition) is 11. The van der Waals surface area contributed by atoms with Crippen molar-refractivity contribution < 1.29 is 60.4 Å². The largest absolute Gasteiger partial charge is 0.394 e. The van der Waals surface area contributed by atoms with E-state index in [1.165, 1.54) is 0 Å². The minimum Gasteiger partial charge on any atom is -0.394 e. The molecule has 0 aliphatic heterocycles. The van der Waals surface area contributed by atoms with Crippen molar-refractivity contribution in [1.29, 1.82) is 0 Å². The Bertz CT molecular complexity index is 1220. The van der Waals surface area contributed by atoms with E-state index in [2.05, 4.69) is 35.2 Å². The van der Waals surface area contributed by atoms with Crippen LogP contribution >= 0.6 is 0 Å². The molecule has 2 aromatic rings. The van der Waals surface area contributed by atoms with E-state index in [0.717, 1.165) is 29.9 Å². The Morgan fingerprint density at radius 2 is 1.35 bits per heavy atom. The van der Waals surface area contributed by atoms with Gasteiger partial charge in [0.2, 0.25) is 0 Å². The van der Waals surface area contributed by atoms with Gasteiger partial charge in [-0.2, -0.15) is 0 Å². The first-order valence-corrected chi connectivity index (χ1v) is 16.0. The SMILES string of the molecule is CCn1c(C)[n+](CC)c2ccc(C(=O)N[C@H]3CC[C@@H](N(C[C@H](O)[C@@H](O)[C@H](O)[C@H](O)CO)C[C@H](O)[C@@H](O)[C@H](O)[C@H](O)CO)CC3)cc21. The molecule has 8 atom stereocenters. The predicted molar refractivity (Wildman–Crippen MR) is 166 cm³/mol. The number of hydrogen-bond acceptors (Lipinski definition) is 12. The normalized spacial score (nSPS) is 22.7. The molecule has 262 valence electrons. The topological polar surface area (TPSA) is 243 Å². The number of benzene rings is 1. The number of aryl methyl sites for hydroxylation is 2. The fourth-order valence-electron chi connectivity index (χ4n) is 6.45. The molecule has 0 bridgehead atoms. The average molecular weight is 658 g/mol. The molecule has 1 heterocycles. The number of rotatable bonds is 17. The van der Waals surface area contributed by atoms with Crippen molar-refractivity contribution in [3.8, 4) is 0 Å². The van der Waals surface area contributed by atoms with Crippen molar-refractivity contribution in [2.24, 2.45) is 0 Å². The Kier molecular flexibility index (Phi) is 14.3. The minimum absolute atomic E-state index is 0.171. The van der Waals surface area contributed by atoms with Gasteiger partial charge in [-0.3, -0.25) is 9.69 Å². The van der Waals surface area contributed by atoms with Gasteiger partial charge in [0.05, 0.1) is 38.5 Å². The Morgan fingerprint density at radius 1 is 0.848 bits per heavy atom. The molecule has 0 radical (unpaired) electrons. The summed E-state index contributed by atoms with van der Waals surface area (Å²) in [7, 11) is 0. The van der Waals surface area contributed by atoms with Gasteiger partial charge in [-0.15, -0.1) is 0 Å². The summed E-state index contributed by atoms with van der Waals surface area (Å²) in [6.45, 7) is 5.41. The van der Waals surface area contributed by atoms with Gasteiger partial charge in [0.1, 0.15) is 36.6 Å². The lowest BCUT2D eigenvalue weighted by molar-refractivity contribution is -0.674. The number of fused-ring (bicyclic) bond motifs is 1. The number of carbonyl (C=O) groups excluding carboxylic acids is 1. The van der Waals surface area contributed by atoms with E-state index >= 15 is 0 Å². The highest BCUT2D eigenvalue weighted by atomic mass is 16.4. The second kappa shape index (κ2) is 17.2. The van der Waals surface area contributed by atoms with Crippen LogP contribution in [0.25, 0.3) is 11.0 Å². The van der Waals surface area contributed by atoms with Gasteiger partial charge in [-0.05, 0) is 51.7 Å². The molecule has 1 aromatic heterocycles. The molecule has 11 N–H and O–H groups in total. The molecule has 0 spiro atoms. The zero-order valence-corrected chi connectivity index (χ0v) is 26.8. The van der Waals surface area contributed by atoms with Gasteiger partial charge < -0.3 is 56.4 Å². The third kappa shape index (κ3) is 8.79. The Morgan fingerprint density at radius 3 is 1.80 bits per heavy atom. The van der Waals surface area contributed by atoms with Crippen molar-refractivity contribution in [2.75, 3.05) is 26.3 Å². The molecule has 1 amide bonds. The second-order valence-corrected chi connectivity index (χ2v) is 12.3. The summed E-state index contributed by atoms with van der Waals surface area (Å²) in [6, 6.07) is 5.16. The van der Waals surface area contributed by atoms with Crippen LogP contribution in [0.4, 0.5) is 0 Å². The zero-order chi connectivity index (χ0) is 34.3. The number of aliphatic hydroxyl groups is 10. The van der Waals surface area contributed by atoms with E-state index in [0.29, 0.717) is 31.2 Å². The fraction of sp³-hybridized carbons (Fsp3) is 0.742. The molecule has 1 aromatic carbocycles. The summed E-state index contributed by atoms with van der Waals surface area (Å²) in [5, 5.41) is 103. The molecule has 1 saturated carbocycles. The summed E-state index contributed by atoms with van der Waals surface area (Å²) < 4.78 is 4.36. The Labute approximate surface area is 268 Å². The molecule has 46 heavy (non-hydrogen) atoms. The van der Waals surface area contributed by atoms with E-state index in [9.17, 15) is 45.6 Å². The number of aliphatic hydroxyl groups excluding tert-OH is 10. The lowest BCUT2D eigenvalue weighted by Gasteiger charge is -2.40. The first-order valence-electron chi connectivity index (χ1n) is 16.0. The molecule has 0 saturated heterocycles. The standard InChI is InChI=1S/C31H52N4O11/c1-4-34-17(3)35(5-2)22-12-18(6-11-21(22)34)31(46)32-19-7-9-20(10-8-19)33(13-23(38)27(42)29(44)25(40)15-36)14-24(39)28(43)30(45)26(41)16-37/h6,11-12,19-20,23-30,36-45H,4-5,7-10,13-16H2,1-3H3/p+1/t19-,20+,23-,24-,25+,26+,27+,28+,29+,30+/m0/s1. The molecule has 1 fully saturated rings. The van der Waals surface area contributed by atoms with Crippen LogP contribution in [0.1, 0.15) is 55.7 Å². The maximum Gasteiger partial charge on any atom is 0.254 e. The van der Waals surface area contributed by atoms with Crippen LogP contribution in [0.5, 0.6) is 0 Å². The van der Waals surface area contributed by atoms with E-state index in [4.69, 9.17) is 10.2 Å². The quantitative estimate of drug-likeness (QED) is 0.0743. The van der Waals surface area contributed by atoms with Crippen LogP contribution in [-0.4, -0.2) is 154 Å². The van der Waals surface area contributed by atoms with Crippen LogP contribution in [0, 0.1) is 6.92 Å². The van der Waals surface area contributed by atoms with Crippen molar-refractivity contribution in [3.05, 3.63) is 29.6 Å². The van der Waals surface area contributed by atoms with Crippen molar-refractivity contribution in [1.82, 2.24) is 14.8 Å². The van der Waals surface area contributed by atoms with Crippen molar-refractivity contribution in [2.45, 2.75) is 120 Å². The fourth-order valence-corrected chi connectivity index (χ4v) is 6.45. The van der Waals surface area contributed by atoms with Crippen LogP contribution < -0.4 is 9.88 Å². The van der Waals surface area contributed by atoms with E-state index in [1.807, 2.05) is 12.1 Å². The van der Waals surface area contributed by atoms with E-state index in [1.54, 1.807) is 11.0 Å². The molecule has 3 rings (SSSR count). The van der Waals surface area contributed by atoms with Gasteiger partial charge >= 0.3 is 0 Å². The summed E-state index contributed by atoms with van der Waals surface area (Å²) >= 11 is 0. The molecular formula is C31H53N4O11+. The summed E-state index contributed by atoms with van der Waals surface area (Å²) in [5.41, 5.74) is 2.56. The molecule has 1 aliphatic carbocycles. The number of imidazole rings is 1. The van der Waals surface area contributed by atoms with Crippen LogP contribution in [0.3, 0.4) is 0 Å². The van der Waals surface area contributed by atoms with Gasteiger partial charge in [-0.1, -0.05) is 0 Å². The van der Waals surface area contributed by atoms with Crippen LogP contribution in [0.2, 0.25) is 0 Å². The number of carbonyl (C=O) groups is 1. The lowest BCUT2D eigenvalue weighted by Crippen LogP contribution is -2.56. The summed E-state index contributed by atoms with van der Waals surface area (Å²) in [6.07, 6.45) is -12.1. The van der Waals surface area contributed by atoms with Gasteiger partial charge in [0.15, 0.2) is 11.0 Å². The summed E-state index contributed by atoms with van der Waals surface area (Å²) in [4.78, 5) is 14.8. The van der Waals surface area contributed by atoms with Crippen molar-refractivity contribution >= 4 is 16.9 Å². The molecule has 15 heteroatoms.